The van der Waals surface area contributed by atoms with Gasteiger partial charge in [0.25, 0.3) is 0 Å². The summed E-state index contributed by atoms with van der Waals surface area (Å²) >= 11 is 0. The Bertz CT molecular complexity index is 1980. The van der Waals surface area contributed by atoms with Gasteiger partial charge in [0.2, 0.25) is 0 Å². The molecule has 0 saturated carbocycles. The maximum atomic E-state index is 15.0. The first-order chi connectivity index (χ1) is 26.3. The number of hydrogen-bond acceptors (Lipinski definition) is 9. The van der Waals surface area contributed by atoms with Crippen molar-refractivity contribution in [2.24, 2.45) is 5.92 Å². The second-order valence-corrected chi connectivity index (χ2v) is 13.5. The molecule has 0 bridgehead atoms. The van der Waals surface area contributed by atoms with Crippen molar-refractivity contribution >= 4 is 11.4 Å². The van der Waals surface area contributed by atoms with Crippen molar-refractivity contribution in [3.8, 4) is 11.4 Å². The van der Waals surface area contributed by atoms with Gasteiger partial charge in [-0.05, 0) is 74.4 Å². The quantitative estimate of drug-likeness (QED) is 0.138. The minimum Gasteiger partial charge on any atom is -0.493 e. The molecule has 5 aromatic rings. The van der Waals surface area contributed by atoms with Crippen LogP contribution in [0.15, 0.2) is 90.5 Å². The monoisotopic (exact) mass is 744 g/mol. The Hall–Kier alpha value is -5.08. The zero-order valence-corrected chi connectivity index (χ0v) is 31.6. The van der Waals surface area contributed by atoms with Gasteiger partial charge in [-0.15, -0.1) is 0 Å². The standard InChI is InChI=1S/C38H44F2N8O4.C2H6/c1-4-36(27(2)50-3)48-37(49)47(26-43-48)32-8-6-30(7-9-32)44-15-17-45(18-16-44)31-10-12-33(13-11-31)51-21-28-20-38(52-22-28,23-46-25-41-24-42-46)34-14-5-29(39)19-35(34)40;1-2/h5-14,19,24-28,36H,4,15-18,20-23H2,1-3H3;1-2H3/t27?,28?,36-,38?;/m1./s1. The zero-order valence-electron chi connectivity index (χ0n) is 31.6. The Labute approximate surface area is 314 Å². The topological polar surface area (TPSA) is 105 Å². The molecule has 12 nitrogen and oxygen atoms in total. The van der Waals surface area contributed by atoms with E-state index in [1.54, 1.807) is 29.0 Å². The molecular weight excluding hydrogens is 694 g/mol. The first-order valence-electron chi connectivity index (χ1n) is 18.7. The van der Waals surface area contributed by atoms with E-state index in [4.69, 9.17) is 14.2 Å². The van der Waals surface area contributed by atoms with Gasteiger partial charge in [0.05, 0.1) is 37.6 Å². The SMILES string of the molecule is CC.CC[C@H](C(C)OC)n1ncn(-c2ccc(N3CCN(c4ccc(OCC5COC(Cn6cncn6)(c6ccc(F)cc6F)C5)cc4)CC3)cc2)c1=O. The van der Waals surface area contributed by atoms with Gasteiger partial charge in [-0.1, -0.05) is 26.8 Å². The molecule has 14 heteroatoms. The fraction of sp³-hybridized carbons (Fsp3) is 0.450. The van der Waals surface area contributed by atoms with Crippen molar-refractivity contribution < 1.29 is 23.0 Å². The number of rotatable bonds is 13. The molecule has 3 aromatic carbocycles. The average Bonchev–Trinajstić information content (AvgIpc) is 3.97. The van der Waals surface area contributed by atoms with Crippen LogP contribution in [0.25, 0.3) is 5.69 Å². The molecule has 0 spiro atoms. The number of aromatic nitrogens is 6. The fourth-order valence-corrected chi connectivity index (χ4v) is 7.38. The summed E-state index contributed by atoms with van der Waals surface area (Å²) in [6, 6.07) is 19.6. The number of nitrogens with zero attached hydrogens (tertiary/aromatic N) is 8. The number of anilines is 2. The molecule has 7 rings (SSSR count). The minimum atomic E-state index is -1.02. The number of benzene rings is 3. The lowest BCUT2D eigenvalue weighted by Crippen LogP contribution is -2.46. The molecule has 54 heavy (non-hydrogen) atoms. The normalized spacial score (nSPS) is 19.6. The summed E-state index contributed by atoms with van der Waals surface area (Å²) in [7, 11) is 1.64. The van der Waals surface area contributed by atoms with Gasteiger partial charge in [-0.2, -0.15) is 10.2 Å². The summed E-state index contributed by atoms with van der Waals surface area (Å²) in [5.74, 6) is -0.545. The molecule has 0 radical (unpaired) electrons. The number of methoxy groups -OCH3 is 1. The van der Waals surface area contributed by atoms with Crippen LogP contribution in [0.4, 0.5) is 20.2 Å². The highest BCUT2D eigenvalue weighted by Gasteiger charge is 2.44. The largest absolute Gasteiger partial charge is 0.493 e. The summed E-state index contributed by atoms with van der Waals surface area (Å²) < 4.78 is 51.3. The average molecular weight is 745 g/mol. The number of halogens is 2. The molecule has 4 atom stereocenters. The van der Waals surface area contributed by atoms with Crippen LogP contribution in [0, 0.1) is 17.6 Å². The van der Waals surface area contributed by atoms with Crippen LogP contribution in [0.1, 0.15) is 52.1 Å². The molecule has 2 aliphatic heterocycles. The molecule has 0 aliphatic carbocycles. The lowest BCUT2D eigenvalue weighted by molar-refractivity contribution is -0.0206. The second kappa shape index (κ2) is 17.4. The van der Waals surface area contributed by atoms with Gasteiger partial charge in [-0.25, -0.2) is 32.5 Å². The van der Waals surface area contributed by atoms with E-state index in [1.807, 2.05) is 52.0 Å². The highest BCUT2D eigenvalue weighted by molar-refractivity contribution is 5.54. The molecule has 2 aliphatic rings. The van der Waals surface area contributed by atoms with E-state index in [2.05, 4.69) is 49.2 Å². The fourth-order valence-electron chi connectivity index (χ4n) is 7.38. The summed E-state index contributed by atoms with van der Waals surface area (Å²) in [5, 5.41) is 8.57. The van der Waals surface area contributed by atoms with Crippen molar-refractivity contribution in [2.45, 2.75) is 64.8 Å². The summed E-state index contributed by atoms with van der Waals surface area (Å²) in [4.78, 5) is 21.9. The van der Waals surface area contributed by atoms with Gasteiger partial charge in [0, 0.05) is 62.2 Å². The smallest absolute Gasteiger partial charge is 0.350 e. The Morgan fingerprint density at radius 2 is 1.56 bits per heavy atom. The molecule has 2 fully saturated rings. The molecule has 2 aromatic heterocycles. The Morgan fingerprint density at radius 3 is 2.15 bits per heavy atom. The van der Waals surface area contributed by atoms with E-state index in [1.165, 1.54) is 23.1 Å². The van der Waals surface area contributed by atoms with Crippen molar-refractivity contribution in [1.82, 2.24) is 29.1 Å². The molecule has 0 N–H and O–H groups in total. The number of piperazine rings is 1. The highest BCUT2D eigenvalue weighted by atomic mass is 19.1. The van der Waals surface area contributed by atoms with E-state index in [0.29, 0.717) is 25.2 Å². The summed E-state index contributed by atoms with van der Waals surface area (Å²) in [6.07, 6.45) is 5.65. The van der Waals surface area contributed by atoms with Gasteiger partial charge in [-0.3, -0.25) is 0 Å². The Kier molecular flexibility index (Phi) is 12.4. The lowest BCUT2D eigenvalue weighted by atomic mass is 9.87. The van der Waals surface area contributed by atoms with Crippen LogP contribution in [0.2, 0.25) is 0 Å². The first-order valence-corrected chi connectivity index (χ1v) is 18.7. The van der Waals surface area contributed by atoms with Crippen molar-refractivity contribution in [2.75, 3.05) is 56.3 Å². The van der Waals surface area contributed by atoms with Crippen molar-refractivity contribution in [3.05, 3.63) is 113 Å². The van der Waals surface area contributed by atoms with Crippen molar-refractivity contribution in [3.63, 3.8) is 0 Å². The van der Waals surface area contributed by atoms with Crippen LogP contribution >= 0.6 is 0 Å². The predicted octanol–water partition coefficient (Wildman–Crippen LogP) is 6.25. The zero-order chi connectivity index (χ0) is 38.2. The molecule has 3 unspecified atom stereocenters. The van der Waals surface area contributed by atoms with Crippen LogP contribution in [0.5, 0.6) is 5.75 Å². The predicted molar refractivity (Wildman–Crippen MR) is 203 cm³/mol. The van der Waals surface area contributed by atoms with E-state index >= 15 is 0 Å². The molecular formula is C40H50F2N8O4. The van der Waals surface area contributed by atoms with E-state index < -0.39 is 17.2 Å². The van der Waals surface area contributed by atoms with Gasteiger partial charge in [0.1, 0.15) is 42.0 Å². The van der Waals surface area contributed by atoms with E-state index in [9.17, 15) is 13.6 Å². The van der Waals surface area contributed by atoms with Gasteiger partial charge >= 0.3 is 5.69 Å². The van der Waals surface area contributed by atoms with Gasteiger partial charge < -0.3 is 24.0 Å². The van der Waals surface area contributed by atoms with E-state index in [0.717, 1.165) is 61.5 Å². The summed E-state index contributed by atoms with van der Waals surface area (Å²) in [6.45, 7) is 12.4. The van der Waals surface area contributed by atoms with Crippen LogP contribution in [0.3, 0.4) is 0 Å². The third-order valence-corrected chi connectivity index (χ3v) is 10.3. The first kappa shape index (κ1) is 38.6. The third kappa shape index (κ3) is 8.34. The summed E-state index contributed by atoms with van der Waals surface area (Å²) in [5.41, 5.74) is 2.10. The molecule has 0 amide bonds. The number of hydrogen-bond donors (Lipinski definition) is 0. The second-order valence-electron chi connectivity index (χ2n) is 13.5. The van der Waals surface area contributed by atoms with Crippen molar-refractivity contribution in [1.29, 1.82) is 0 Å². The molecule has 2 saturated heterocycles. The maximum Gasteiger partial charge on any atom is 0.350 e. The Morgan fingerprint density at radius 1 is 0.907 bits per heavy atom. The van der Waals surface area contributed by atoms with Crippen LogP contribution < -0.4 is 20.2 Å². The van der Waals surface area contributed by atoms with Crippen LogP contribution in [-0.4, -0.2) is 81.7 Å². The van der Waals surface area contributed by atoms with E-state index in [-0.39, 0.29) is 30.3 Å². The molecule has 4 heterocycles. The number of ether oxygens (including phenoxy) is 3. The maximum absolute atomic E-state index is 15.0. The van der Waals surface area contributed by atoms with Gasteiger partial charge in [0.15, 0.2) is 0 Å². The Balaban J connectivity index is 0.00000245. The van der Waals surface area contributed by atoms with Crippen LogP contribution in [-0.2, 0) is 21.6 Å². The minimum absolute atomic E-state index is 0.00779. The highest BCUT2D eigenvalue weighted by Crippen LogP contribution is 2.42. The molecule has 288 valence electrons. The lowest BCUT2D eigenvalue weighted by Gasteiger charge is -2.37. The third-order valence-electron chi connectivity index (χ3n) is 10.3.